The average molecular weight is 368 g/mol. The number of methoxy groups -OCH3 is 1. The minimum atomic E-state index is -0.336. The quantitative estimate of drug-likeness (QED) is 0.557. The number of rotatable bonds is 1. The number of halogens is 1. The molecule has 0 amide bonds. The number of hydrogen-bond acceptors (Lipinski definition) is 4. The van der Waals surface area contributed by atoms with E-state index in [1.807, 2.05) is 48.5 Å². The number of nitrogens with zero attached hydrogens (tertiary/aromatic N) is 1. The van der Waals surface area contributed by atoms with Crippen LogP contribution in [-0.2, 0) is 16.0 Å². The van der Waals surface area contributed by atoms with Crippen molar-refractivity contribution >= 4 is 46.3 Å². The Labute approximate surface area is 154 Å². The monoisotopic (exact) mass is 367 g/mol. The van der Waals surface area contributed by atoms with Crippen LogP contribution in [0.15, 0.2) is 64.0 Å². The van der Waals surface area contributed by atoms with Crippen LogP contribution in [0.1, 0.15) is 11.1 Å². The van der Waals surface area contributed by atoms with E-state index >= 15 is 0 Å². The van der Waals surface area contributed by atoms with Crippen molar-refractivity contribution in [1.29, 1.82) is 0 Å². The number of ether oxygens (including phenoxy) is 1. The second kappa shape index (κ2) is 6.54. The summed E-state index contributed by atoms with van der Waals surface area (Å²) in [7, 11) is 1.40. The summed E-state index contributed by atoms with van der Waals surface area (Å²) in [6, 6.07) is 15.8. The fourth-order valence-electron chi connectivity index (χ4n) is 2.90. The number of carbonyl (C=O) groups excluding carboxylic acids is 1. The Morgan fingerprint density at radius 3 is 2.88 bits per heavy atom. The van der Waals surface area contributed by atoms with Crippen LogP contribution in [0.4, 0.5) is 0 Å². The maximum absolute atomic E-state index is 12.2. The maximum Gasteiger partial charge on any atom is 0.334 e. The molecule has 1 aliphatic rings. The van der Waals surface area contributed by atoms with Crippen molar-refractivity contribution < 1.29 is 9.53 Å². The summed E-state index contributed by atoms with van der Waals surface area (Å²) < 4.78 is 4.97. The number of hydrogen-bond donors (Lipinski definition) is 0. The van der Waals surface area contributed by atoms with Crippen LogP contribution in [0.2, 0.25) is 5.02 Å². The lowest BCUT2D eigenvalue weighted by Crippen LogP contribution is -2.09. The van der Waals surface area contributed by atoms with Crippen molar-refractivity contribution in [3.8, 4) is 0 Å². The van der Waals surface area contributed by atoms with Gasteiger partial charge < -0.3 is 4.74 Å². The second-order valence-corrected chi connectivity index (χ2v) is 7.23. The zero-order valence-corrected chi connectivity index (χ0v) is 15.0. The van der Waals surface area contributed by atoms with Crippen LogP contribution >= 0.6 is 23.4 Å². The lowest BCUT2D eigenvalue weighted by Gasteiger charge is -2.16. The lowest BCUT2D eigenvalue weighted by molar-refractivity contribution is -0.136. The highest BCUT2D eigenvalue weighted by atomic mass is 35.5. The standard InChI is InChI=1S/C20H14ClNO2S/c1-24-20(23)15-9-13-11-16(21)6-7-18(13)25-19-14(10-15)8-12-4-2-3-5-17(12)22-19/h2-8,10-11H,9H2,1H3/b15-10+. The van der Waals surface area contributed by atoms with Crippen molar-refractivity contribution in [2.24, 2.45) is 0 Å². The van der Waals surface area contributed by atoms with E-state index in [1.54, 1.807) is 11.8 Å². The summed E-state index contributed by atoms with van der Waals surface area (Å²) in [4.78, 5) is 18.1. The van der Waals surface area contributed by atoms with Crippen LogP contribution in [0.25, 0.3) is 17.0 Å². The molecule has 0 N–H and O–H groups in total. The predicted octanol–water partition coefficient (Wildman–Crippen LogP) is 5.15. The Kier molecular flexibility index (Phi) is 4.24. The van der Waals surface area contributed by atoms with Gasteiger partial charge in [-0.15, -0.1) is 0 Å². The van der Waals surface area contributed by atoms with E-state index in [2.05, 4.69) is 6.07 Å². The first-order chi connectivity index (χ1) is 12.1. The van der Waals surface area contributed by atoms with Gasteiger partial charge in [-0.1, -0.05) is 41.6 Å². The van der Waals surface area contributed by atoms with Crippen LogP contribution in [0.5, 0.6) is 0 Å². The molecule has 3 nitrogen and oxygen atoms in total. The molecule has 0 atom stereocenters. The molecule has 4 rings (SSSR count). The van der Waals surface area contributed by atoms with E-state index in [-0.39, 0.29) is 5.97 Å². The zero-order chi connectivity index (χ0) is 17.4. The molecular formula is C20H14ClNO2S. The molecule has 0 radical (unpaired) electrons. The third-order valence-corrected chi connectivity index (χ3v) is 5.48. The maximum atomic E-state index is 12.2. The summed E-state index contributed by atoms with van der Waals surface area (Å²) in [5.74, 6) is -0.336. The Balaban J connectivity index is 1.96. The number of pyridine rings is 1. The molecule has 0 unspecified atom stereocenters. The molecule has 5 heteroatoms. The number of para-hydroxylation sites is 1. The van der Waals surface area contributed by atoms with Gasteiger partial charge in [-0.05, 0) is 42.0 Å². The molecule has 2 aromatic carbocycles. The van der Waals surface area contributed by atoms with Gasteiger partial charge in [-0.2, -0.15) is 0 Å². The topological polar surface area (TPSA) is 39.2 Å². The molecule has 0 bridgehead atoms. The molecular weight excluding hydrogens is 354 g/mol. The van der Waals surface area contributed by atoms with Gasteiger partial charge in [-0.25, -0.2) is 9.78 Å². The summed E-state index contributed by atoms with van der Waals surface area (Å²) in [6.45, 7) is 0. The van der Waals surface area contributed by atoms with Crippen molar-refractivity contribution in [3.63, 3.8) is 0 Å². The van der Waals surface area contributed by atoms with Gasteiger partial charge in [0.05, 0.1) is 12.6 Å². The molecule has 3 aromatic rings. The van der Waals surface area contributed by atoms with Crippen molar-refractivity contribution in [2.75, 3.05) is 7.11 Å². The second-order valence-electron chi connectivity index (χ2n) is 5.77. The van der Waals surface area contributed by atoms with E-state index in [1.165, 1.54) is 7.11 Å². The van der Waals surface area contributed by atoms with Crippen LogP contribution in [-0.4, -0.2) is 18.1 Å². The van der Waals surface area contributed by atoms with E-state index in [0.29, 0.717) is 17.0 Å². The summed E-state index contributed by atoms with van der Waals surface area (Å²) >= 11 is 7.74. The molecule has 0 aliphatic carbocycles. The first kappa shape index (κ1) is 16.2. The third-order valence-electron chi connectivity index (χ3n) is 4.10. The van der Waals surface area contributed by atoms with Gasteiger partial charge in [0, 0.05) is 32.9 Å². The highest BCUT2D eigenvalue weighted by Gasteiger charge is 2.19. The fraction of sp³-hybridized carbons (Fsp3) is 0.100. The molecule has 1 aliphatic heterocycles. The van der Waals surface area contributed by atoms with Gasteiger partial charge in [0.1, 0.15) is 5.03 Å². The van der Waals surface area contributed by atoms with Gasteiger partial charge in [0.2, 0.25) is 0 Å². The van der Waals surface area contributed by atoms with E-state index < -0.39 is 0 Å². The SMILES string of the molecule is COC(=O)/C1=C/c2cc3ccccc3nc2Sc2ccc(Cl)cc2C1. The highest BCUT2D eigenvalue weighted by Crippen LogP contribution is 2.38. The molecule has 0 saturated carbocycles. The average Bonchev–Trinajstić information content (AvgIpc) is 2.61. The number of fused-ring (bicyclic) bond motifs is 3. The Morgan fingerprint density at radius 2 is 2.04 bits per heavy atom. The summed E-state index contributed by atoms with van der Waals surface area (Å²) in [5.41, 5.74) is 3.43. The van der Waals surface area contributed by atoms with Gasteiger partial charge in [0.25, 0.3) is 0 Å². The van der Waals surface area contributed by atoms with Crippen molar-refractivity contribution in [3.05, 3.63) is 70.3 Å². The van der Waals surface area contributed by atoms with E-state index in [0.717, 1.165) is 32.0 Å². The third kappa shape index (κ3) is 3.15. The van der Waals surface area contributed by atoms with Gasteiger partial charge in [-0.3, -0.25) is 0 Å². The smallest absolute Gasteiger partial charge is 0.334 e. The highest BCUT2D eigenvalue weighted by molar-refractivity contribution is 7.99. The van der Waals surface area contributed by atoms with Gasteiger partial charge in [0.15, 0.2) is 0 Å². The first-order valence-electron chi connectivity index (χ1n) is 7.79. The van der Waals surface area contributed by atoms with E-state index in [9.17, 15) is 4.79 Å². The Hall–Kier alpha value is -2.30. The fourth-order valence-corrected chi connectivity index (χ4v) is 4.08. The number of esters is 1. The van der Waals surface area contributed by atoms with Crippen molar-refractivity contribution in [2.45, 2.75) is 16.3 Å². The molecule has 25 heavy (non-hydrogen) atoms. The molecule has 124 valence electrons. The molecule has 1 aromatic heterocycles. The number of benzene rings is 2. The van der Waals surface area contributed by atoms with Gasteiger partial charge >= 0.3 is 5.97 Å². The minimum Gasteiger partial charge on any atom is -0.466 e. The normalized spacial score (nSPS) is 15.4. The summed E-state index contributed by atoms with van der Waals surface area (Å²) in [6.07, 6.45) is 2.35. The molecule has 2 heterocycles. The predicted molar refractivity (Wildman–Crippen MR) is 101 cm³/mol. The van der Waals surface area contributed by atoms with Crippen LogP contribution < -0.4 is 0 Å². The van der Waals surface area contributed by atoms with Crippen molar-refractivity contribution in [1.82, 2.24) is 4.98 Å². The summed E-state index contributed by atoms with van der Waals surface area (Å²) in [5, 5.41) is 2.55. The molecule has 0 fully saturated rings. The Morgan fingerprint density at radius 1 is 1.20 bits per heavy atom. The Bertz CT molecular complexity index is 1030. The number of aromatic nitrogens is 1. The largest absolute Gasteiger partial charge is 0.466 e. The zero-order valence-electron chi connectivity index (χ0n) is 13.5. The van der Waals surface area contributed by atoms with Crippen LogP contribution in [0.3, 0.4) is 0 Å². The molecule has 0 spiro atoms. The molecule has 0 saturated heterocycles. The van der Waals surface area contributed by atoms with E-state index in [4.69, 9.17) is 21.3 Å². The lowest BCUT2D eigenvalue weighted by atomic mass is 10.0. The van der Waals surface area contributed by atoms with Crippen LogP contribution in [0, 0.1) is 0 Å². The minimum absolute atomic E-state index is 0.336. The number of carbonyl (C=O) groups is 1. The first-order valence-corrected chi connectivity index (χ1v) is 8.98.